The van der Waals surface area contributed by atoms with E-state index in [0.29, 0.717) is 23.7 Å². The summed E-state index contributed by atoms with van der Waals surface area (Å²) < 4.78 is 37.1. The van der Waals surface area contributed by atoms with Gasteiger partial charge < -0.3 is 4.43 Å². The SMILES string of the molecule is [2H]C([2H])[C@]12CC[C@@H]3c4ccc(O[Si](C)(C)C(C)(C)C)cc4CC[C@H]3[C@@H]1CC(S(=O)c1ccccc1)C2=O. The Kier molecular flexibility index (Phi) is 5.58. The zero-order valence-corrected chi connectivity index (χ0v) is 23.5. The molecule has 2 aromatic rings. The van der Waals surface area contributed by atoms with E-state index in [0.717, 1.165) is 25.0 Å². The first-order chi connectivity index (χ1) is 17.4. The van der Waals surface area contributed by atoms with Crippen LogP contribution in [0.3, 0.4) is 0 Å². The summed E-state index contributed by atoms with van der Waals surface area (Å²) in [6.07, 6.45) is 3.73. The lowest BCUT2D eigenvalue weighted by molar-refractivity contribution is -0.129. The highest BCUT2D eigenvalue weighted by Gasteiger charge is 2.59. The Morgan fingerprint density at radius 2 is 1.86 bits per heavy atom. The molecular formula is C30H40O3SSi. The van der Waals surface area contributed by atoms with Gasteiger partial charge in [0.2, 0.25) is 8.32 Å². The highest BCUT2D eigenvalue weighted by atomic mass is 32.2. The summed E-state index contributed by atoms with van der Waals surface area (Å²) in [7, 11) is -3.38. The minimum absolute atomic E-state index is 0.0623. The Hall–Kier alpha value is -1.72. The number of benzene rings is 2. The summed E-state index contributed by atoms with van der Waals surface area (Å²) in [4.78, 5) is 14.5. The van der Waals surface area contributed by atoms with Gasteiger partial charge in [0.1, 0.15) is 5.75 Å². The van der Waals surface area contributed by atoms with Crippen LogP contribution in [0.1, 0.15) is 73.1 Å². The Bertz CT molecular complexity index is 1210. The van der Waals surface area contributed by atoms with E-state index < -0.39 is 36.7 Å². The maximum atomic E-state index is 13.9. The van der Waals surface area contributed by atoms with E-state index in [9.17, 15) is 9.00 Å². The van der Waals surface area contributed by atoms with E-state index in [1.807, 2.05) is 30.3 Å². The van der Waals surface area contributed by atoms with E-state index >= 15 is 0 Å². The molecule has 2 aromatic carbocycles. The monoisotopic (exact) mass is 510 g/mol. The minimum Gasteiger partial charge on any atom is -0.543 e. The van der Waals surface area contributed by atoms with Crippen molar-refractivity contribution in [2.75, 3.05) is 0 Å². The smallest absolute Gasteiger partial charge is 0.250 e. The van der Waals surface area contributed by atoms with Crippen LogP contribution in [0.2, 0.25) is 18.1 Å². The van der Waals surface area contributed by atoms with E-state index in [1.165, 1.54) is 11.1 Å². The van der Waals surface area contributed by atoms with Crippen molar-refractivity contribution in [3.05, 3.63) is 59.7 Å². The maximum Gasteiger partial charge on any atom is 0.250 e. The Labute approximate surface area is 217 Å². The first kappa shape index (κ1) is 22.5. The number of aryl methyl sites for hydroxylation is 1. The molecule has 0 radical (unpaired) electrons. The van der Waals surface area contributed by atoms with Crippen molar-refractivity contribution in [3.8, 4) is 5.75 Å². The van der Waals surface area contributed by atoms with Gasteiger partial charge in [-0.05, 0) is 103 Å². The molecule has 0 saturated heterocycles. The van der Waals surface area contributed by atoms with Crippen LogP contribution in [-0.2, 0) is 22.0 Å². The third-order valence-electron chi connectivity index (χ3n) is 9.46. The van der Waals surface area contributed by atoms with Crippen LogP contribution in [0.15, 0.2) is 53.4 Å². The number of fused-ring (bicyclic) bond motifs is 5. The molecule has 6 atom stereocenters. The maximum absolute atomic E-state index is 13.9. The Balaban J connectivity index is 1.44. The lowest BCUT2D eigenvalue weighted by atomic mass is 9.55. The molecular weight excluding hydrogens is 468 g/mol. The van der Waals surface area contributed by atoms with Crippen LogP contribution < -0.4 is 4.43 Å². The second-order valence-corrected chi connectivity index (χ2v) is 18.8. The fourth-order valence-corrected chi connectivity index (χ4v) is 9.04. The zero-order valence-electron chi connectivity index (χ0n) is 23.7. The van der Waals surface area contributed by atoms with E-state index in [2.05, 4.69) is 52.1 Å². The second kappa shape index (κ2) is 8.69. The predicted molar refractivity (Wildman–Crippen MR) is 146 cm³/mol. The van der Waals surface area contributed by atoms with Gasteiger partial charge in [-0.2, -0.15) is 0 Å². The van der Waals surface area contributed by atoms with Crippen LogP contribution in [-0.4, -0.2) is 23.6 Å². The lowest BCUT2D eigenvalue weighted by Crippen LogP contribution is -2.44. The Morgan fingerprint density at radius 1 is 1.11 bits per heavy atom. The van der Waals surface area contributed by atoms with Gasteiger partial charge in [0.15, 0.2) is 5.78 Å². The largest absolute Gasteiger partial charge is 0.543 e. The topological polar surface area (TPSA) is 43.4 Å². The number of rotatable bonds is 4. The number of Topliss-reactive ketones (excluding diaryl/α,β-unsaturated/α-hetero) is 1. The average Bonchev–Trinajstić information content (AvgIpc) is 3.16. The molecule has 5 rings (SSSR count). The van der Waals surface area contributed by atoms with Gasteiger partial charge >= 0.3 is 0 Å². The normalized spacial score (nSPS) is 32.2. The molecule has 3 aliphatic rings. The summed E-state index contributed by atoms with van der Waals surface area (Å²) in [5.41, 5.74) is 1.69. The van der Waals surface area contributed by atoms with Crippen LogP contribution in [0.25, 0.3) is 0 Å². The molecule has 35 heavy (non-hydrogen) atoms. The molecule has 0 aromatic heterocycles. The molecule has 5 heteroatoms. The van der Waals surface area contributed by atoms with Gasteiger partial charge in [0.05, 0.1) is 16.0 Å². The molecule has 3 aliphatic carbocycles. The molecule has 0 heterocycles. The molecule has 0 bridgehead atoms. The number of hydrogen-bond donors (Lipinski definition) is 0. The molecule has 2 unspecified atom stereocenters. The summed E-state index contributed by atoms with van der Waals surface area (Å²) in [6, 6.07) is 15.8. The van der Waals surface area contributed by atoms with Crippen molar-refractivity contribution < 1.29 is 16.2 Å². The lowest BCUT2D eigenvalue weighted by Gasteiger charge is -2.48. The fraction of sp³-hybridized carbons (Fsp3) is 0.567. The van der Waals surface area contributed by atoms with Gasteiger partial charge in [-0.15, -0.1) is 0 Å². The second-order valence-electron chi connectivity index (χ2n) is 12.4. The zero-order chi connectivity index (χ0) is 26.8. The van der Waals surface area contributed by atoms with Gasteiger partial charge in [-0.25, -0.2) is 0 Å². The number of hydrogen-bond acceptors (Lipinski definition) is 3. The first-order valence-corrected chi connectivity index (χ1v) is 17.2. The van der Waals surface area contributed by atoms with Crippen molar-refractivity contribution in [3.63, 3.8) is 0 Å². The fourth-order valence-electron chi connectivity index (χ4n) is 6.47. The third kappa shape index (κ3) is 4.17. The molecule has 2 saturated carbocycles. The van der Waals surface area contributed by atoms with Crippen LogP contribution in [0.4, 0.5) is 0 Å². The average molecular weight is 511 g/mol. The van der Waals surface area contributed by atoms with Crippen LogP contribution in [0.5, 0.6) is 5.75 Å². The number of carbonyl (C=O) groups is 1. The van der Waals surface area contributed by atoms with E-state index in [1.54, 1.807) is 0 Å². The molecule has 3 nitrogen and oxygen atoms in total. The summed E-state index contributed by atoms with van der Waals surface area (Å²) in [5.74, 6) is 1.36. The van der Waals surface area contributed by atoms with E-state index in [-0.39, 0.29) is 22.7 Å². The van der Waals surface area contributed by atoms with Crippen LogP contribution in [0, 0.1) is 17.3 Å². The van der Waals surface area contributed by atoms with Crippen LogP contribution >= 0.6 is 0 Å². The van der Waals surface area contributed by atoms with Gasteiger partial charge in [-0.1, -0.05) is 51.9 Å². The summed E-state index contributed by atoms with van der Waals surface area (Å²) >= 11 is 0. The van der Waals surface area contributed by atoms with Crippen molar-refractivity contribution in [2.45, 2.75) is 93.9 Å². The predicted octanol–water partition coefficient (Wildman–Crippen LogP) is 7.28. The quantitative estimate of drug-likeness (QED) is 0.406. The van der Waals surface area contributed by atoms with Gasteiger partial charge in [0, 0.05) is 13.1 Å². The molecule has 0 spiro atoms. The molecule has 0 aliphatic heterocycles. The summed E-state index contributed by atoms with van der Waals surface area (Å²) in [6.45, 7) is 10.1. The van der Waals surface area contributed by atoms with Gasteiger partial charge in [0.25, 0.3) is 0 Å². The number of carbonyl (C=O) groups excluding carboxylic acids is 1. The van der Waals surface area contributed by atoms with Crippen molar-refractivity contribution in [1.29, 1.82) is 0 Å². The first-order valence-electron chi connectivity index (χ1n) is 14.2. The molecule has 188 valence electrons. The molecule has 0 N–H and O–H groups in total. The number of ketones is 1. The minimum atomic E-state index is -1.93. The van der Waals surface area contributed by atoms with Crippen molar-refractivity contribution >= 4 is 24.9 Å². The standard InChI is InChI=1S/C30H40O3SSi/c1-29(2,3)35(5,6)33-21-13-15-23-20(18-21)12-14-25-24(23)16-17-30(4)26(25)19-27(28(30)31)34(32)22-10-8-7-9-11-22/h7-11,13,15,18,24-27H,12,14,16-17,19H2,1-6H3/t24-,25-,26+,27?,30+,34?/m1/s1/i4D2. The summed E-state index contributed by atoms with van der Waals surface area (Å²) in [5, 5.41) is -0.485. The molecule has 2 fully saturated rings. The highest BCUT2D eigenvalue weighted by molar-refractivity contribution is 7.86. The van der Waals surface area contributed by atoms with E-state index in [4.69, 9.17) is 7.17 Å². The van der Waals surface area contributed by atoms with Crippen molar-refractivity contribution in [1.82, 2.24) is 0 Å². The van der Waals surface area contributed by atoms with Crippen molar-refractivity contribution in [2.24, 2.45) is 17.3 Å². The Morgan fingerprint density at radius 3 is 2.54 bits per heavy atom. The third-order valence-corrected chi connectivity index (χ3v) is 15.5. The molecule has 0 amide bonds. The van der Waals surface area contributed by atoms with Gasteiger partial charge in [-0.3, -0.25) is 9.00 Å². The highest BCUT2D eigenvalue weighted by Crippen LogP contribution is 2.60.